The fourth-order valence-corrected chi connectivity index (χ4v) is 0.953. The first-order valence-electron chi connectivity index (χ1n) is 8.05. The van der Waals surface area contributed by atoms with E-state index in [0.29, 0.717) is 0 Å². The Morgan fingerprint density at radius 2 is 1.04 bits per heavy atom. The Kier molecular flexibility index (Phi) is 33.1. The van der Waals surface area contributed by atoms with E-state index in [9.17, 15) is 4.11 Å². The Balaban J connectivity index is -0.000000105. The smallest absolute Gasteiger partial charge is 0.189 e. The predicted octanol–water partition coefficient (Wildman–Crippen LogP) is 2.41. The molecule has 0 saturated carbocycles. The topological polar surface area (TPSA) is 60.7 Å². The summed E-state index contributed by atoms with van der Waals surface area (Å²) in [5.41, 5.74) is 0. The molecule has 0 aromatic heterocycles. The number of aliphatic hydroxyl groups excluding tert-OH is 3. The van der Waals surface area contributed by atoms with E-state index in [1.165, 1.54) is 0 Å². The van der Waals surface area contributed by atoms with Crippen molar-refractivity contribution in [2.75, 3.05) is 0 Å². The summed E-state index contributed by atoms with van der Waals surface area (Å²) >= 11 is 0. The maximum absolute atomic E-state index is 11.7. The van der Waals surface area contributed by atoms with Crippen molar-refractivity contribution < 1.29 is 45.6 Å². The zero-order valence-corrected chi connectivity index (χ0v) is 19.5. The molecule has 138 valence electrons. The van der Waals surface area contributed by atoms with Gasteiger partial charge in [-0.1, -0.05) is 20.8 Å². The molecule has 1 aromatic carbocycles. The van der Waals surface area contributed by atoms with Gasteiger partial charge in [-0.15, -0.1) is 5.19 Å². The third kappa shape index (κ3) is 39.2. The molecule has 0 aliphatic heterocycles. The summed E-state index contributed by atoms with van der Waals surface area (Å²) < 4.78 is 11.7. The van der Waals surface area contributed by atoms with Gasteiger partial charge in [-0.3, -0.25) is 0 Å². The summed E-state index contributed by atoms with van der Waals surface area (Å²) in [4.78, 5) is 0. The van der Waals surface area contributed by atoms with E-state index in [4.69, 9.17) is 15.3 Å². The third-order valence-corrected chi connectivity index (χ3v) is 3.44. The van der Waals surface area contributed by atoms with Crippen molar-refractivity contribution in [2.45, 2.75) is 79.1 Å². The van der Waals surface area contributed by atoms with Gasteiger partial charge >= 0.3 is 0 Å². The Morgan fingerprint density at radius 1 is 0.826 bits per heavy atom. The van der Waals surface area contributed by atoms with Gasteiger partial charge in [-0.25, -0.2) is 12.1 Å². The van der Waals surface area contributed by atoms with Crippen LogP contribution in [0.4, 0.5) is 4.11 Å². The van der Waals surface area contributed by atoms with Crippen molar-refractivity contribution in [3.63, 3.8) is 0 Å². The zero-order chi connectivity index (χ0) is 18.0. The fourth-order valence-electron chi connectivity index (χ4n) is 0.503. The summed E-state index contributed by atoms with van der Waals surface area (Å²) in [6.07, 6.45) is 2.24. The average molecular weight is 427 g/mol. The average Bonchev–Trinajstić information content (AvgIpc) is 3.02. The van der Waals surface area contributed by atoms with Crippen molar-refractivity contribution in [1.82, 2.24) is 0 Å². The molecule has 0 heterocycles. The van der Waals surface area contributed by atoms with Crippen LogP contribution < -0.4 is 5.19 Å². The first-order chi connectivity index (χ1) is 10.2. The van der Waals surface area contributed by atoms with Crippen LogP contribution in [0.1, 0.15) is 60.8 Å². The molecule has 3 unspecified atom stereocenters. The molecule has 0 fully saturated rings. The second-order valence-electron chi connectivity index (χ2n) is 5.20. The van der Waals surface area contributed by atoms with Crippen molar-refractivity contribution >= 4 is 15.0 Å². The largest absolute Gasteiger partial charge is 0.393 e. The quantitative estimate of drug-likeness (QED) is 0.394. The molecule has 3 nitrogen and oxygen atoms in total. The number of hydrogen-bond donors (Lipinski definition) is 3. The van der Waals surface area contributed by atoms with Gasteiger partial charge in [0.05, 0.1) is 18.3 Å². The monoisotopic (exact) mass is 425 g/mol. The molecule has 23 heavy (non-hydrogen) atoms. The Hall–Kier alpha value is 0.260. The van der Waals surface area contributed by atoms with E-state index < -0.39 is 9.85 Å². The molecule has 0 spiro atoms. The summed E-state index contributed by atoms with van der Waals surface area (Å²) in [6, 6.07) is 7.38. The van der Waals surface area contributed by atoms with Crippen LogP contribution in [0, 0.1) is 0 Å². The molecule has 0 aliphatic carbocycles. The van der Waals surface area contributed by atoms with Gasteiger partial charge in [0.15, 0.2) is 9.85 Å². The van der Waals surface area contributed by atoms with E-state index in [-0.39, 0.29) is 44.5 Å². The number of hydrogen-bond acceptors (Lipinski definition) is 3. The van der Waals surface area contributed by atoms with Crippen molar-refractivity contribution in [1.29, 1.82) is 0 Å². The fraction of sp³-hybridized carbons (Fsp3) is 0.706. The number of halogens is 1. The Bertz CT molecular complexity index is 262. The van der Waals surface area contributed by atoms with E-state index >= 15 is 0 Å². The maximum Gasteiger partial charge on any atom is 0.189 e. The van der Waals surface area contributed by atoms with Crippen LogP contribution in [0.3, 0.4) is 0 Å². The minimum atomic E-state index is -1.37. The van der Waals surface area contributed by atoms with Gasteiger partial charge in [0.2, 0.25) is 0 Å². The third-order valence-electron chi connectivity index (χ3n) is 2.66. The van der Waals surface area contributed by atoms with E-state index in [0.717, 1.165) is 24.4 Å². The van der Waals surface area contributed by atoms with Crippen LogP contribution in [0.25, 0.3) is 0 Å². The van der Waals surface area contributed by atoms with Crippen LogP contribution >= 0.6 is 0 Å². The molecule has 1 rings (SSSR count). The first kappa shape index (κ1) is 31.1. The number of rotatable bonds is 4. The van der Waals surface area contributed by atoms with E-state index in [1.54, 1.807) is 20.8 Å². The van der Waals surface area contributed by atoms with Crippen molar-refractivity contribution in [3.05, 3.63) is 24.3 Å². The molecule has 3 N–H and O–H groups in total. The second-order valence-corrected chi connectivity index (χ2v) is 6.28. The Labute approximate surface area is 163 Å². The van der Waals surface area contributed by atoms with Crippen LogP contribution in [-0.4, -0.2) is 43.5 Å². The van der Waals surface area contributed by atoms with Gasteiger partial charge in [0.25, 0.3) is 0 Å². The molecule has 1 aromatic rings. The normalized spacial score (nSPS) is 13.1. The van der Waals surface area contributed by atoms with Gasteiger partial charge in [0, 0.05) is 26.2 Å². The minimum absolute atomic E-state index is 0. The van der Waals surface area contributed by atoms with Crippen molar-refractivity contribution in [3.8, 4) is 0 Å². The molecular weight excluding hydrogens is 390 g/mol. The first-order valence-corrected chi connectivity index (χ1v) is 9.29. The van der Waals surface area contributed by atoms with Gasteiger partial charge in [0.1, 0.15) is 0 Å². The van der Waals surface area contributed by atoms with Crippen LogP contribution in [0.15, 0.2) is 24.3 Å². The van der Waals surface area contributed by atoms with Gasteiger partial charge < -0.3 is 19.4 Å². The molecule has 0 bridgehead atoms. The molecule has 0 saturated heterocycles. The predicted molar refractivity (Wildman–Crippen MR) is 97.2 cm³/mol. The minimum Gasteiger partial charge on any atom is -0.393 e. The molecule has 0 amide bonds. The summed E-state index contributed by atoms with van der Waals surface area (Å²) in [5, 5.41) is 26.0. The van der Waals surface area contributed by atoms with Crippen molar-refractivity contribution in [2.24, 2.45) is 0 Å². The van der Waals surface area contributed by atoms with Crippen LogP contribution in [0.2, 0.25) is 0 Å². The maximum atomic E-state index is 11.7. The SMILES string of the molecule is CCC(C)O.CCC(C)O.CCC(C)O.F[SiH2][c-]1cccc1.[Zr]. The zero-order valence-electron chi connectivity index (χ0n) is 15.6. The molecular formula is C17H36FO3SiZr-. The number of aliphatic hydroxyl groups is 3. The molecule has 3 atom stereocenters. The molecule has 0 radical (unpaired) electrons. The summed E-state index contributed by atoms with van der Waals surface area (Å²) in [6.45, 7) is 11.2. The Morgan fingerprint density at radius 3 is 1.13 bits per heavy atom. The standard InChI is InChI=1S/C5H6FSi.3C4H10O.Zr/c6-7-5-3-1-2-4-5;3*1-3-4(2)5;/h1-4H,7H2;3*4-5H,3H2,1-2H3;/q-1;;;;. The molecule has 0 aliphatic rings. The van der Waals surface area contributed by atoms with Gasteiger partial charge in [-0.05, 0) is 40.0 Å². The van der Waals surface area contributed by atoms with Crippen LogP contribution in [-0.2, 0) is 26.2 Å². The molecule has 6 heteroatoms. The van der Waals surface area contributed by atoms with E-state index in [2.05, 4.69) is 0 Å². The van der Waals surface area contributed by atoms with E-state index in [1.807, 2.05) is 45.0 Å². The van der Waals surface area contributed by atoms with Crippen LogP contribution in [0.5, 0.6) is 0 Å². The second kappa shape index (κ2) is 24.5. The van der Waals surface area contributed by atoms with Gasteiger partial charge in [-0.2, -0.15) is 12.1 Å². The summed E-state index contributed by atoms with van der Waals surface area (Å²) in [5.74, 6) is 0. The summed E-state index contributed by atoms with van der Waals surface area (Å²) in [7, 11) is -1.37.